The van der Waals surface area contributed by atoms with Crippen LogP contribution < -0.4 is 10.6 Å². The monoisotopic (exact) mass is 476 g/mol. The van der Waals surface area contributed by atoms with E-state index in [0.29, 0.717) is 32.5 Å². The van der Waals surface area contributed by atoms with Gasteiger partial charge in [0.1, 0.15) is 0 Å². The summed E-state index contributed by atoms with van der Waals surface area (Å²) in [5, 5.41) is 15.1. The quantitative estimate of drug-likeness (QED) is 0.554. The topological polar surface area (TPSA) is 94.6 Å². The van der Waals surface area contributed by atoms with Crippen molar-refractivity contribution in [2.24, 2.45) is 5.41 Å². The van der Waals surface area contributed by atoms with Gasteiger partial charge in [0.2, 0.25) is 12.3 Å². The Balaban J connectivity index is 0.000000308. The lowest BCUT2D eigenvalue weighted by atomic mass is 9.86. The molecular weight excluding hydrogens is 436 g/mol. The molecule has 8 heteroatoms. The van der Waals surface area contributed by atoms with Crippen LogP contribution in [0.5, 0.6) is 0 Å². The fourth-order valence-corrected chi connectivity index (χ4v) is 4.38. The van der Waals surface area contributed by atoms with E-state index in [1.807, 2.05) is 59.2 Å². The molecule has 1 aromatic heterocycles. The molecule has 1 aromatic carbocycles. The maximum Gasteiger partial charge on any atom is 0.240 e. The minimum absolute atomic E-state index is 0.0978. The van der Waals surface area contributed by atoms with Crippen molar-refractivity contribution < 1.29 is 14.7 Å². The number of aliphatic hydroxyl groups is 1. The first kappa shape index (κ1) is 28.7. The number of nitrogens with one attached hydrogen (secondary N) is 2. The van der Waals surface area contributed by atoms with Gasteiger partial charge >= 0.3 is 0 Å². The van der Waals surface area contributed by atoms with Crippen molar-refractivity contribution in [3.63, 3.8) is 0 Å². The second kappa shape index (κ2) is 14.1. The zero-order valence-corrected chi connectivity index (χ0v) is 21.8. The zero-order valence-electron chi connectivity index (χ0n) is 21.0. The van der Waals surface area contributed by atoms with Gasteiger partial charge in [-0.05, 0) is 36.9 Å². The molecule has 2 unspecified atom stereocenters. The molecule has 2 atom stereocenters. The van der Waals surface area contributed by atoms with Gasteiger partial charge in [0.25, 0.3) is 0 Å². The number of amides is 2. The number of β-amino-alcohol motifs (C(OH)–C–C–N with tert-alkyl or cyclic N) is 1. The van der Waals surface area contributed by atoms with E-state index in [9.17, 15) is 14.7 Å². The summed E-state index contributed by atoms with van der Waals surface area (Å²) in [4.78, 5) is 29.5. The van der Waals surface area contributed by atoms with Gasteiger partial charge in [-0.25, -0.2) is 4.98 Å². The molecule has 1 saturated heterocycles. The van der Waals surface area contributed by atoms with Crippen molar-refractivity contribution in [1.29, 1.82) is 0 Å². The molecule has 0 radical (unpaired) electrons. The van der Waals surface area contributed by atoms with Crippen LogP contribution >= 0.6 is 11.3 Å². The first-order chi connectivity index (χ1) is 15.7. The first-order valence-corrected chi connectivity index (χ1v) is 12.4. The summed E-state index contributed by atoms with van der Waals surface area (Å²) in [6.45, 7) is 13.9. The Morgan fingerprint density at radius 1 is 1.30 bits per heavy atom. The molecule has 0 aliphatic carbocycles. The number of hydrogen-bond donors (Lipinski definition) is 3. The molecule has 0 saturated carbocycles. The van der Waals surface area contributed by atoms with Gasteiger partial charge in [0, 0.05) is 19.6 Å². The Hall–Kier alpha value is -2.29. The number of aromatic nitrogens is 1. The number of likely N-dealkylation sites (N-methyl/N-ethyl adjacent to an activating group) is 1. The molecule has 1 fully saturated rings. The maximum absolute atomic E-state index is 12.1. The lowest BCUT2D eigenvalue weighted by Gasteiger charge is -2.32. The van der Waals surface area contributed by atoms with Gasteiger partial charge in [-0.1, -0.05) is 58.9 Å². The van der Waals surface area contributed by atoms with E-state index < -0.39 is 0 Å². The average Bonchev–Trinajstić information content (AvgIpc) is 3.42. The number of thiazole rings is 1. The average molecular weight is 477 g/mol. The standard InChI is InChI=1S/C12H12N2OS.C11H22N2O2.C2H6/c1-9-12(16-8-14-9)11-4-2-10(3-5-11)6-13-7-15;1-11(2,3)9(12-4)10(15)13-6-5-8(14)7-13;1-2/h2-5,7-8H,6H2,1H3,(H,13,15);8-9,12,14H,5-7H2,1-4H3;1-2H3. The van der Waals surface area contributed by atoms with Gasteiger partial charge < -0.3 is 20.6 Å². The van der Waals surface area contributed by atoms with Gasteiger partial charge in [0.15, 0.2) is 0 Å². The predicted molar refractivity (Wildman–Crippen MR) is 136 cm³/mol. The van der Waals surface area contributed by atoms with Crippen LogP contribution in [0.4, 0.5) is 0 Å². The molecule has 184 valence electrons. The normalized spacial score (nSPS) is 16.1. The number of hydrogen-bond acceptors (Lipinski definition) is 6. The van der Waals surface area contributed by atoms with E-state index in [2.05, 4.69) is 27.8 Å². The number of carbonyl (C=O) groups excluding carboxylic acids is 2. The number of aliphatic hydroxyl groups excluding tert-OH is 1. The molecule has 2 amide bonds. The molecule has 2 aromatic rings. The van der Waals surface area contributed by atoms with Crippen LogP contribution in [0.3, 0.4) is 0 Å². The fraction of sp³-hybridized carbons (Fsp3) is 0.560. The number of carbonyl (C=O) groups is 2. The van der Waals surface area contributed by atoms with Crippen LogP contribution in [0.2, 0.25) is 0 Å². The van der Waals surface area contributed by atoms with Crippen molar-refractivity contribution in [2.75, 3.05) is 20.1 Å². The second-order valence-corrected chi connectivity index (χ2v) is 9.63. The molecule has 1 aliphatic heterocycles. The Labute approximate surface area is 202 Å². The summed E-state index contributed by atoms with van der Waals surface area (Å²) in [5.41, 5.74) is 5.09. The van der Waals surface area contributed by atoms with Crippen molar-refractivity contribution in [3.8, 4) is 10.4 Å². The molecule has 0 bridgehead atoms. The number of benzene rings is 1. The zero-order chi connectivity index (χ0) is 25.0. The highest BCUT2D eigenvalue weighted by atomic mass is 32.1. The van der Waals surface area contributed by atoms with Crippen molar-refractivity contribution >= 4 is 23.7 Å². The van der Waals surface area contributed by atoms with Gasteiger partial charge in [0.05, 0.1) is 28.2 Å². The Kier molecular flexibility index (Phi) is 12.3. The maximum atomic E-state index is 12.1. The summed E-state index contributed by atoms with van der Waals surface area (Å²) in [6, 6.07) is 7.98. The minimum Gasteiger partial charge on any atom is -0.391 e. The van der Waals surface area contributed by atoms with E-state index in [4.69, 9.17) is 0 Å². The number of nitrogens with zero attached hydrogens (tertiary/aromatic N) is 2. The molecule has 3 rings (SSSR count). The van der Waals surface area contributed by atoms with Crippen LogP contribution in [0.1, 0.15) is 52.3 Å². The van der Waals surface area contributed by atoms with Gasteiger partial charge in [-0.15, -0.1) is 11.3 Å². The first-order valence-electron chi connectivity index (χ1n) is 11.5. The molecule has 33 heavy (non-hydrogen) atoms. The Morgan fingerprint density at radius 2 is 1.94 bits per heavy atom. The summed E-state index contributed by atoms with van der Waals surface area (Å²) in [6.07, 6.45) is 1.07. The van der Waals surface area contributed by atoms with Crippen LogP contribution in [-0.4, -0.2) is 59.6 Å². The third-order valence-corrected chi connectivity index (χ3v) is 6.21. The van der Waals surface area contributed by atoms with Crippen LogP contribution in [0.15, 0.2) is 29.8 Å². The molecular formula is C25H40N4O3S. The summed E-state index contributed by atoms with van der Waals surface area (Å²) >= 11 is 1.64. The lowest BCUT2D eigenvalue weighted by Crippen LogP contribution is -2.51. The molecule has 2 heterocycles. The number of rotatable bonds is 6. The van der Waals surface area contributed by atoms with Gasteiger partial charge in [-0.3, -0.25) is 9.59 Å². The summed E-state index contributed by atoms with van der Waals surface area (Å²) < 4.78 is 0. The predicted octanol–water partition coefficient (Wildman–Crippen LogP) is 3.60. The summed E-state index contributed by atoms with van der Waals surface area (Å²) in [7, 11) is 1.81. The number of likely N-dealkylation sites (tertiary alicyclic amines) is 1. The largest absolute Gasteiger partial charge is 0.391 e. The second-order valence-electron chi connectivity index (χ2n) is 8.78. The fourth-order valence-electron chi connectivity index (χ4n) is 3.56. The SMILES string of the molecule is CC.CNC(C(=O)N1CCC(O)C1)C(C)(C)C.Cc1ncsc1-c1ccc(CNC=O)cc1. The van der Waals surface area contributed by atoms with Gasteiger partial charge in [-0.2, -0.15) is 0 Å². The molecule has 7 nitrogen and oxygen atoms in total. The molecule has 3 N–H and O–H groups in total. The Morgan fingerprint density at radius 3 is 2.36 bits per heavy atom. The minimum atomic E-state index is -0.341. The Bertz CT molecular complexity index is 846. The van der Waals surface area contributed by atoms with E-state index in [1.54, 1.807) is 23.3 Å². The molecule has 1 aliphatic rings. The number of aryl methyl sites for hydroxylation is 1. The smallest absolute Gasteiger partial charge is 0.240 e. The van der Waals surface area contributed by atoms with Crippen LogP contribution in [0.25, 0.3) is 10.4 Å². The van der Waals surface area contributed by atoms with Crippen molar-refractivity contribution in [1.82, 2.24) is 20.5 Å². The van der Waals surface area contributed by atoms with E-state index in [-0.39, 0.29) is 23.5 Å². The van der Waals surface area contributed by atoms with E-state index >= 15 is 0 Å². The van der Waals surface area contributed by atoms with Crippen molar-refractivity contribution in [3.05, 3.63) is 41.0 Å². The highest BCUT2D eigenvalue weighted by molar-refractivity contribution is 7.13. The lowest BCUT2D eigenvalue weighted by molar-refractivity contribution is -0.135. The highest BCUT2D eigenvalue weighted by Crippen LogP contribution is 2.27. The third kappa shape index (κ3) is 8.87. The van der Waals surface area contributed by atoms with Crippen molar-refractivity contribution in [2.45, 2.75) is 66.7 Å². The van der Waals surface area contributed by atoms with E-state index in [1.165, 1.54) is 10.4 Å². The van der Waals surface area contributed by atoms with E-state index in [0.717, 1.165) is 11.3 Å². The highest BCUT2D eigenvalue weighted by Gasteiger charge is 2.35. The third-order valence-electron chi connectivity index (χ3n) is 5.23. The van der Waals surface area contributed by atoms with Crippen LogP contribution in [0, 0.1) is 12.3 Å². The summed E-state index contributed by atoms with van der Waals surface area (Å²) in [5.74, 6) is 0.0987. The molecule has 0 spiro atoms. The van der Waals surface area contributed by atoms with Crippen LogP contribution in [-0.2, 0) is 16.1 Å².